The van der Waals surface area contributed by atoms with Gasteiger partial charge in [-0.2, -0.15) is 11.3 Å². The molecule has 0 aliphatic rings. The van der Waals surface area contributed by atoms with Crippen LogP contribution in [0.25, 0.3) is 0 Å². The molecule has 0 aromatic carbocycles. The molecule has 1 heterocycles. The van der Waals surface area contributed by atoms with Crippen LogP contribution in [0.15, 0.2) is 16.8 Å². The summed E-state index contributed by atoms with van der Waals surface area (Å²) in [7, 11) is 0. The van der Waals surface area contributed by atoms with E-state index in [9.17, 15) is 0 Å². The summed E-state index contributed by atoms with van der Waals surface area (Å²) in [6, 6.07) is 2.13. The first-order valence-corrected chi connectivity index (χ1v) is 7.56. The number of hydrogen-bond donors (Lipinski definition) is 1. The molecule has 3 nitrogen and oxygen atoms in total. The van der Waals surface area contributed by atoms with Crippen molar-refractivity contribution in [1.82, 2.24) is 0 Å². The van der Waals surface area contributed by atoms with Gasteiger partial charge in [0.1, 0.15) is 0 Å². The van der Waals surface area contributed by atoms with Crippen LogP contribution >= 0.6 is 11.3 Å². The van der Waals surface area contributed by atoms with Gasteiger partial charge in [-0.3, -0.25) is 0 Å². The average molecular weight is 271 g/mol. The number of nitrogens with two attached hydrogens (primary N) is 1. The van der Waals surface area contributed by atoms with E-state index in [1.165, 1.54) is 5.56 Å². The van der Waals surface area contributed by atoms with Gasteiger partial charge in [0.15, 0.2) is 0 Å². The van der Waals surface area contributed by atoms with Crippen LogP contribution in [0.4, 0.5) is 0 Å². The second-order valence-electron chi connectivity index (χ2n) is 4.89. The van der Waals surface area contributed by atoms with Crippen LogP contribution in [0.2, 0.25) is 0 Å². The molecular formula is C14H25NO2S. The van der Waals surface area contributed by atoms with Crippen molar-refractivity contribution in [2.75, 3.05) is 19.8 Å². The lowest BCUT2D eigenvalue weighted by Crippen LogP contribution is -2.30. The van der Waals surface area contributed by atoms with Crippen LogP contribution in [0, 0.1) is 5.92 Å². The Labute approximate surface area is 114 Å². The van der Waals surface area contributed by atoms with Crippen molar-refractivity contribution in [2.45, 2.75) is 39.3 Å². The highest BCUT2D eigenvalue weighted by molar-refractivity contribution is 7.07. The molecule has 0 saturated carbocycles. The number of hydrogen-bond acceptors (Lipinski definition) is 4. The van der Waals surface area contributed by atoms with E-state index in [0.29, 0.717) is 19.1 Å². The van der Waals surface area contributed by atoms with E-state index < -0.39 is 0 Å². The Morgan fingerprint density at radius 1 is 1.33 bits per heavy atom. The summed E-state index contributed by atoms with van der Waals surface area (Å²) >= 11 is 1.68. The van der Waals surface area contributed by atoms with Crippen molar-refractivity contribution in [1.29, 1.82) is 0 Å². The first kappa shape index (κ1) is 15.6. The topological polar surface area (TPSA) is 44.5 Å². The number of ether oxygens (including phenoxy) is 2. The molecule has 104 valence electrons. The van der Waals surface area contributed by atoms with Gasteiger partial charge < -0.3 is 15.2 Å². The minimum atomic E-state index is -0.0103. The van der Waals surface area contributed by atoms with Crippen molar-refractivity contribution in [3.8, 4) is 0 Å². The third-order valence-corrected chi connectivity index (χ3v) is 3.41. The van der Waals surface area contributed by atoms with Gasteiger partial charge in [-0.1, -0.05) is 20.8 Å². The summed E-state index contributed by atoms with van der Waals surface area (Å²) < 4.78 is 11.4. The maximum absolute atomic E-state index is 6.11. The molecular weight excluding hydrogens is 246 g/mol. The molecule has 1 aromatic heterocycles. The first-order chi connectivity index (χ1) is 8.65. The van der Waals surface area contributed by atoms with Crippen molar-refractivity contribution >= 4 is 11.3 Å². The molecule has 1 aromatic rings. The third-order valence-electron chi connectivity index (χ3n) is 2.71. The first-order valence-electron chi connectivity index (χ1n) is 6.62. The predicted octanol–water partition coefficient (Wildman–Crippen LogP) is 3.22. The molecule has 0 radical (unpaired) electrons. The fraction of sp³-hybridized carbons (Fsp3) is 0.714. The molecule has 0 fully saturated rings. The maximum atomic E-state index is 6.11. The predicted molar refractivity (Wildman–Crippen MR) is 76.9 cm³/mol. The largest absolute Gasteiger partial charge is 0.379 e. The van der Waals surface area contributed by atoms with Crippen LogP contribution in [-0.4, -0.2) is 25.9 Å². The van der Waals surface area contributed by atoms with Crippen molar-refractivity contribution in [3.05, 3.63) is 22.4 Å². The smallest absolute Gasteiger partial charge is 0.0984 e. The van der Waals surface area contributed by atoms with Crippen molar-refractivity contribution < 1.29 is 9.47 Å². The molecule has 0 bridgehead atoms. The highest BCUT2D eigenvalue weighted by atomic mass is 32.1. The third kappa shape index (κ3) is 5.48. The lowest BCUT2D eigenvalue weighted by atomic mass is 10.0. The molecule has 2 atom stereocenters. The van der Waals surface area contributed by atoms with Crippen LogP contribution in [0.3, 0.4) is 0 Å². The highest BCUT2D eigenvalue weighted by Crippen LogP contribution is 2.24. The van der Waals surface area contributed by atoms with E-state index in [1.54, 1.807) is 11.3 Å². The monoisotopic (exact) mass is 271 g/mol. The minimum Gasteiger partial charge on any atom is -0.379 e. The summed E-state index contributed by atoms with van der Waals surface area (Å²) in [6.45, 7) is 8.38. The Morgan fingerprint density at radius 3 is 2.67 bits per heavy atom. The normalized spacial score (nSPS) is 14.9. The zero-order valence-corrected chi connectivity index (χ0v) is 12.4. The van der Waals surface area contributed by atoms with Gasteiger partial charge >= 0.3 is 0 Å². The van der Waals surface area contributed by atoms with Gasteiger partial charge in [-0.15, -0.1) is 0 Å². The summed E-state index contributed by atoms with van der Waals surface area (Å²) in [6.07, 6.45) is 0.900. The second-order valence-corrected chi connectivity index (χ2v) is 5.67. The van der Waals surface area contributed by atoms with Gasteiger partial charge in [0.25, 0.3) is 0 Å². The Bertz CT molecular complexity index is 301. The quantitative estimate of drug-likeness (QED) is 0.701. The minimum absolute atomic E-state index is 0.0103. The van der Waals surface area contributed by atoms with E-state index in [-0.39, 0.29) is 12.1 Å². The number of rotatable bonds is 9. The standard InChI is InChI=1S/C14H25NO2S/c1-4-13(15)14(12-5-8-18-10-12)17-7-6-16-9-11(2)3/h5,8,10-11,13-14H,4,6-7,9,15H2,1-3H3. The lowest BCUT2D eigenvalue weighted by molar-refractivity contribution is -0.0121. The SMILES string of the molecule is CCC(N)C(OCCOCC(C)C)c1ccsc1. The fourth-order valence-electron chi connectivity index (χ4n) is 1.67. The molecule has 0 saturated heterocycles. The van der Waals surface area contributed by atoms with Crippen molar-refractivity contribution in [3.63, 3.8) is 0 Å². The van der Waals surface area contributed by atoms with Crippen LogP contribution in [0.1, 0.15) is 38.9 Å². The van der Waals surface area contributed by atoms with Gasteiger partial charge in [0.05, 0.1) is 19.3 Å². The Morgan fingerprint density at radius 2 is 2.11 bits per heavy atom. The highest BCUT2D eigenvalue weighted by Gasteiger charge is 2.19. The van der Waals surface area contributed by atoms with E-state index in [2.05, 4.69) is 37.6 Å². The number of thiophene rings is 1. The molecule has 0 amide bonds. The zero-order valence-electron chi connectivity index (χ0n) is 11.6. The summed E-state index contributed by atoms with van der Waals surface area (Å²) in [4.78, 5) is 0. The maximum Gasteiger partial charge on any atom is 0.0984 e. The molecule has 2 N–H and O–H groups in total. The van der Waals surface area contributed by atoms with Gasteiger partial charge in [-0.25, -0.2) is 0 Å². The second kappa shape index (κ2) is 8.64. The Kier molecular flexibility index (Phi) is 7.51. The molecule has 0 aliphatic carbocycles. The summed E-state index contributed by atoms with van der Waals surface area (Å²) in [5.74, 6) is 0.565. The van der Waals surface area contributed by atoms with Gasteiger partial charge in [0, 0.05) is 12.6 Å². The van der Waals surface area contributed by atoms with E-state index in [4.69, 9.17) is 15.2 Å². The van der Waals surface area contributed by atoms with E-state index >= 15 is 0 Å². The molecule has 4 heteroatoms. The lowest BCUT2D eigenvalue weighted by Gasteiger charge is -2.22. The zero-order chi connectivity index (χ0) is 13.4. The molecule has 18 heavy (non-hydrogen) atoms. The van der Waals surface area contributed by atoms with Gasteiger partial charge in [-0.05, 0) is 34.7 Å². The molecule has 2 unspecified atom stereocenters. The van der Waals surface area contributed by atoms with E-state index in [0.717, 1.165) is 13.0 Å². The fourth-order valence-corrected chi connectivity index (χ4v) is 2.36. The van der Waals surface area contributed by atoms with E-state index in [1.807, 2.05) is 0 Å². The Balaban J connectivity index is 2.34. The molecule has 1 rings (SSSR count). The summed E-state index contributed by atoms with van der Waals surface area (Å²) in [5, 5.41) is 4.17. The van der Waals surface area contributed by atoms with Crippen molar-refractivity contribution in [2.24, 2.45) is 11.7 Å². The van der Waals surface area contributed by atoms with Crippen LogP contribution in [-0.2, 0) is 9.47 Å². The Hall–Kier alpha value is -0.420. The molecule has 0 aliphatic heterocycles. The molecule has 0 spiro atoms. The van der Waals surface area contributed by atoms with Crippen LogP contribution < -0.4 is 5.73 Å². The van der Waals surface area contributed by atoms with Gasteiger partial charge in [0.2, 0.25) is 0 Å². The summed E-state index contributed by atoms with van der Waals surface area (Å²) in [5.41, 5.74) is 7.29. The van der Waals surface area contributed by atoms with Crippen LogP contribution in [0.5, 0.6) is 0 Å². The average Bonchev–Trinajstić information content (AvgIpc) is 2.86.